The van der Waals surface area contributed by atoms with Crippen LogP contribution in [-0.4, -0.2) is 51.7 Å². The highest BCUT2D eigenvalue weighted by Crippen LogP contribution is 2.57. The Hall–Kier alpha value is -4.10. The van der Waals surface area contributed by atoms with Gasteiger partial charge in [-0.05, 0) is 24.7 Å². The Bertz CT molecular complexity index is 1620. The van der Waals surface area contributed by atoms with Crippen LogP contribution in [0.5, 0.6) is 0 Å². The second-order valence-electron chi connectivity index (χ2n) is 10.4. The topological polar surface area (TPSA) is 163 Å². The molecule has 1 amide bonds. The summed E-state index contributed by atoms with van der Waals surface area (Å²) in [7, 11) is 1.73. The van der Waals surface area contributed by atoms with Gasteiger partial charge in [0.15, 0.2) is 16.9 Å². The molecule has 1 atom stereocenters. The molecular weight excluding hydrogens is 498 g/mol. The smallest absolute Gasteiger partial charge is 0.248 e. The third-order valence-corrected chi connectivity index (χ3v) is 7.71. The van der Waals surface area contributed by atoms with Crippen LogP contribution < -0.4 is 11.1 Å². The highest BCUT2D eigenvalue weighted by molar-refractivity contribution is 6.09. The summed E-state index contributed by atoms with van der Waals surface area (Å²) in [5.74, 6) is -1.70. The molecular formula is C24H24F2N10O2. The predicted octanol–water partition coefficient (Wildman–Crippen LogP) is 2.58. The van der Waals surface area contributed by atoms with Gasteiger partial charge in [-0.1, -0.05) is 6.92 Å². The van der Waals surface area contributed by atoms with Gasteiger partial charge in [0.25, 0.3) is 0 Å². The summed E-state index contributed by atoms with van der Waals surface area (Å²) in [4.78, 5) is 32.0. The predicted molar refractivity (Wildman–Crippen MR) is 129 cm³/mol. The number of hydrogen-bond donors (Lipinski definition) is 2. The zero-order valence-corrected chi connectivity index (χ0v) is 20.7. The maximum absolute atomic E-state index is 13.6. The van der Waals surface area contributed by atoms with Crippen LogP contribution in [0.4, 0.5) is 20.4 Å². The van der Waals surface area contributed by atoms with Gasteiger partial charge >= 0.3 is 0 Å². The Morgan fingerprint density at radius 2 is 1.97 bits per heavy atom. The van der Waals surface area contributed by atoms with Crippen molar-refractivity contribution in [3.05, 3.63) is 29.4 Å². The van der Waals surface area contributed by atoms with E-state index >= 15 is 0 Å². The van der Waals surface area contributed by atoms with Crippen LogP contribution in [0.25, 0.3) is 22.6 Å². The lowest BCUT2D eigenvalue weighted by Gasteiger charge is -2.34. The number of halogens is 2. The van der Waals surface area contributed by atoms with Gasteiger partial charge in [-0.3, -0.25) is 9.48 Å². The van der Waals surface area contributed by atoms with Gasteiger partial charge in [0.2, 0.25) is 23.6 Å². The van der Waals surface area contributed by atoms with E-state index in [1.807, 2.05) is 6.92 Å². The quantitative estimate of drug-likeness (QED) is 0.385. The number of carbonyl (C=O) groups excluding carboxylic acids is 1. The summed E-state index contributed by atoms with van der Waals surface area (Å²) in [5, 5.41) is 16.0. The number of fused-ring (bicyclic) bond motifs is 2. The average Bonchev–Trinajstić information content (AvgIpc) is 3.35. The van der Waals surface area contributed by atoms with E-state index in [4.69, 9.17) is 10.2 Å². The summed E-state index contributed by atoms with van der Waals surface area (Å²) < 4.78 is 34.3. The van der Waals surface area contributed by atoms with Crippen molar-refractivity contribution in [2.75, 3.05) is 11.1 Å². The number of amides is 1. The standard InChI is InChI=1S/C24H24F2N10O2/c1-3-14-34-35-22(38-14)24(11-4-5-11)15-17(27)31-19(32-18(15)33-21(24)37)16-12-9-28-36(2)20(12)30-13(29-16)6-10-7-23(25,26)8-10/h9-11H,3-8H2,1-2H3,(H3,27,31,32,33,37). The average molecular weight is 523 g/mol. The number of nitrogens with zero attached hydrogens (tertiary/aromatic N) is 8. The van der Waals surface area contributed by atoms with Crippen LogP contribution in [0.15, 0.2) is 10.6 Å². The molecule has 0 spiro atoms. The lowest BCUT2D eigenvalue weighted by atomic mass is 9.77. The van der Waals surface area contributed by atoms with Crippen LogP contribution in [0.1, 0.15) is 55.8 Å². The van der Waals surface area contributed by atoms with Gasteiger partial charge in [-0.25, -0.2) is 28.7 Å². The second-order valence-corrected chi connectivity index (χ2v) is 10.4. The summed E-state index contributed by atoms with van der Waals surface area (Å²) >= 11 is 0. The molecule has 38 heavy (non-hydrogen) atoms. The van der Waals surface area contributed by atoms with Crippen molar-refractivity contribution in [3.8, 4) is 11.5 Å². The molecule has 4 aromatic heterocycles. The van der Waals surface area contributed by atoms with E-state index in [0.29, 0.717) is 46.8 Å². The van der Waals surface area contributed by atoms with Gasteiger partial charge in [0.1, 0.15) is 23.2 Å². The normalized spacial score (nSPS) is 22.5. The second kappa shape index (κ2) is 7.71. The molecule has 14 heteroatoms. The number of rotatable bonds is 6. The number of hydrogen-bond acceptors (Lipinski definition) is 10. The minimum absolute atomic E-state index is 0.0676. The Labute approximate surface area is 214 Å². The van der Waals surface area contributed by atoms with Gasteiger partial charge in [-0.15, -0.1) is 10.2 Å². The summed E-state index contributed by atoms with van der Waals surface area (Å²) in [6.45, 7) is 1.89. The van der Waals surface area contributed by atoms with Crippen molar-refractivity contribution in [2.24, 2.45) is 18.9 Å². The highest BCUT2D eigenvalue weighted by atomic mass is 19.3. The molecule has 7 rings (SSSR count). The maximum atomic E-state index is 13.6. The van der Waals surface area contributed by atoms with E-state index < -0.39 is 11.3 Å². The summed E-state index contributed by atoms with van der Waals surface area (Å²) in [6.07, 6.45) is 3.62. The molecule has 4 aromatic rings. The SMILES string of the molecule is CCc1nnc(C2(C3CC3)C(=O)Nc3nc(-c4nc(CC5CC(F)(F)C5)nc5c4cnn5C)nc(N)c32)o1. The fraction of sp³-hybridized carbons (Fsp3) is 0.500. The van der Waals surface area contributed by atoms with Crippen LogP contribution in [-0.2, 0) is 30.1 Å². The van der Waals surface area contributed by atoms with E-state index in [1.54, 1.807) is 17.9 Å². The van der Waals surface area contributed by atoms with E-state index in [-0.39, 0.29) is 53.9 Å². The Morgan fingerprint density at radius 3 is 2.66 bits per heavy atom. The lowest BCUT2D eigenvalue weighted by Crippen LogP contribution is -2.39. The minimum Gasteiger partial charge on any atom is -0.424 e. The molecule has 2 saturated carbocycles. The molecule has 12 nitrogen and oxygen atoms in total. The zero-order valence-electron chi connectivity index (χ0n) is 20.7. The largest absolute Gasteiger partial charge is 0.424 e. The van der Waals surface area contributed by atoms with Crippen molar-refractivity contribution in [2.45, 2.75) is 56.8 Å². The number of nitrogens with two attached hydrogens (primary N) is 1. The van der Waals surface area contributed by atoms with Crippen LogP contribution in [0, 0.1) is 11.8 Å². The fourth-order valence-corrected chi connectivity index (χ4v) is 5.74. The third kappa shape index (κ3) is 3.24. The monoisotopic (exact) mass is 522 g/mol. The zero-order chi connectivity index (χ0) is 26.4. The van der Waals surface area contributed by atoms with Crippen molar-refractivity contribution in [3.63, 3.8) is 0 Å². The van der Waals surface area contributed by atoms with Crippen molar-refractivity contribution in [1.82, 2.24) is 39.9 Å². The molecule has 196 valence electrons. The molecule has 3 aliphatic rings. The molecule has 0 bridgehead atoms. The van der Waals surface area contributed by atoms with E-state index in [0.717, 1.165) is 12.8 Å². The van der Waals surface area contributed by atoms with Gasteiger partial charge in [-0.2, -0.15) is 5.10 Å². The van der Waals surface area contributed by atoms with Gasteiger partial charge < -0.3 is 15.5 Å². The lowest BCUT2D eigenvalue weighted by molar-refractivity contribution is -0.120. The van der Waals surface area contributed by atoms with E-state index in [9.17, 15) is 13.6 Å². The van der Waals surface area contributed by atoms with E-state index in [1.165, 1.54) is 0 Å². The van der Waals surface area contributed by atoms with E-state index in [2.05, 4.69) is 40.5 Å². The van der Waals surface area contributed by atoms with Gasteiger partial charge in [0, 0.05) is 32.7 Å². The Balaban J connectivity index is 1.35. The fourth-order valence-electron chi connectivity index (χ4n) is 5.74. The first-order valence-corrected chi connectivity index (χ1v) is 12.6. The molecule has 0 aromatic carbocycles. The number of aryl methyl sites for hydroxylation is 2. The molecule has 2 fully saturated rings. The Morgan fingerprint density at radius 1 is 1.18 bits per heavy atom. The third-order valence-electron chi connectivity index (χ3n) is 7.71. The first-order chi connectivity index (χ1) is 18.2. The van der Waals surface area contributed by atoms with Crippen LogP contribution in [0.2, 0.25) is 0 Å². The number of alkyl halides is 2. The number of nitrogen functional groups attached to an aromatic ring is 1. The molecule has 1 aliphatic heterocycles. The molecule has 1 unspecified atom stereocenters. The van der Waals surface area contributed by atoms with Crippen LogP contribution >= 0.6 is 0 Å². The number of anilines is 2. The number of nitrogens with one attached hydrogen (secondary N) is 1. The summed E-state index contributed by atoms with van der Waals surface area (Å²) in [6, 6.07) is 0. The van der Waals surface area contributed by atoms with Crippen molar-refractivity contribution >= 4 is 28.6 Å². The molecule has 0 radical (unpaired) electrons. The first kappa shape index (κ1) is 23.0. The number of aromatic nitrogens is 8. The van der Waals surface area contributed by atoms with Gasteiger partial charge in [0.05, 0.1) is 17.1 Å². The number of carbonyl (C=O) groups is 1. The maximum Gasteiger partial charge on any atom is 0.248 e. The highest BCUT2D eigenvalue weighted by Gasteiger charge is 2.63. The van der Waals surface area contributed by atoms with Crippen LogP contribution in [0.3, 0.4) is 0 Å². The molecule has 0 saturated heterocycles. The van der Waals surface area contributed by atoms with Crippen molar-refractivity contribution in [1.29, 1.82) is 0 Å². The summed E-state index contributed by atoms with van der Waals surface area (Å²) in [5.41, 5.74) is 6.59. The first-order valence-electron chi connectivity index (χ1n) is 12.6. The molecule has 3 N–H and O–H groups in total. The molecule has 5 heterocycles. The Kier molecular flexibility index (Phi) is 4.68. The van der Waals surface area contributed by atoms with Crippen molar-refractivity contribution < 1.29 is 18.0 Å². The minimum atomic E-state index is -2.63. The molecule has 2 aliphatic carbocycles.